The Kier molecular flexibility index (Phi) is 6.29. The minimum absolute atomic E-state index is 0.00963. The topological polar surface area (TPSA) is 48.1 Å². The van der Waals surface area contributed by atoms with Crippen LogP contribution in [0.5, 0.6) is 5.75 Å². The summed E-state index contributed by atoms with van der Waals surface area (Å²) in [6.45, 7) is 5.79. The molecule has 30 heavy (non-hydrogen) atoms. The lowest BCUT2D eigenvalue weighted by Gasteiger charge is -2.27. The zero-order chi connectivity index (χ0) is 22.1. The zero-order valence-corrected chi connectivity index (χ0v) is 17.8. The van der Waals surface area contributed by atoms with Gasteiger partial charge in [0.25, 0.3) is 0 Å². The molecular weight excluding hydrogens is 413 g/mol. The highest BCUT2D eigenvalue weighted by atomic mass is 35.5. The van der Waals surface area contributed by atoms with Crippen molar-refractivity contribution in [1.82, 2.24) is 4.98 Å². The van der Waals surface area contributed by atoms with E-state index in [-0.39, 0.29) is 12.4 Å². The van der Waals surface area contributed by atoms with Gasteiger partial charge < -0.3 is 10.5 Å². The van der Waals surface area contributed by atoms with E-state index in [1.165, 1.54) is 6.07 Å². The molecule has 0 aliphatic carbocycles. The number of rotatable bonds is 6. The van der Waals surface area contributed by atoms with Crippen LogP contribution in [0.2, 0.25) is 5.02 Å². The molecule has 2 aromatic carbocycles. The van der Waals surface area contributed by atoms with Crippen LogP contribution >= 0.6 is 11.6 Å². The van der Waals surface area contributed by atoms with Gasteiger partial charge in [-0.15, -0.1) is 0 Å². The molecule has 0 aliphatic rings. The Bertz CT molecular complexity index is 1050. The van der Waals surface area contributed by atoms with E-state index >= 15 is 0 Å². The van der Waals surface area contributed by atoms with Gasteiger partial charge in [-0.3, -0.25) is 4.98 Å². The van der Waals surface area contributed by atoms with Crippen molar-refractivity contribution in [3.8, 4) is 16.9 Å². The molecule has 1 aromatic heterocycles. The van der Waals surface area contributed by atoms with E-state index < -0.39 is 17.3 Å². The van der Waals surface area contributed by atoms with Crippen LogP contribution in [0.3, 0.4) is 0 Å². The third kappa shape index (κ3) is 5.24. The highest BCUT2D eigenvalue weighted by molar-refractivity contribution is 6.31. The van der Waals surface area contributed by atoms with Crippen molar-refractivity contribution in [3.05, 3.63) is 59.2 Å². The van der Waals surface area contributed by atoms with Crippen LogP contribution in [0.15, 0.2) is 48.7 Å². The number of nitrogens with zero attached hydrogens (tertiary/aromatic N) is 1. The van der Waals surface area contributed by atoms with Gasteiger partial charge in [-0.05, 0) is 60.7 Å². The molecule has 0 aliphatic heterocycles. The summed E-state index contributed by atoms with van der Waals surface area (Å²) in [5, 5.41) is 1.23. The Morgan fingerprint density at radius 2 is 1.83 bits per heavy atom. The van der Waals surface area contributed by atoms with Gasteiger partial charge >= 0.3 is 6.18 Å². The minimum atomic E-state index is -4.57. The second-order valence-corrected chi connectivity index (χ2v) is 8.71. The van der Waals surface area contributed by atoms with Gasteiger partial charge in [-0.25, -0.2) is 0 Å². The fourth-order valence-corrected chi connectivity index (χ4v) is 3.82. The molecule has 2 N–H and O–H groups in total. The molecule has 0 fully saturated rings. The summed E-state index contributed by atoms with van der Waals surface area (Å²) in [4.78, 5) is 4.25. The van der Waals surface area contributed by atoms with Gasteiger partial charge in [0.05, 0.1) is 11.1 Å². The molecule has 3 nitrogen and oxygen atoms in total. The fourth-order valence-electron chi connectivity index (χ4n) is 3.65. The summed E-state index contributed by atoms with van der Waals surface area (Å²) < 4.78 is 46.9. The monoisotopic (exact) mass is 436 g/mol. The molecular formula is C23H24ClF3N2O. The number of nitrogens with two attached hydrogens (primary N) is 1. The normalized spacial score (nSPS) is 14.2. The molecule has 0 saturated carbocycles. The van der Waals surface area contributed by atoms with Crippen molar-refractivity contribution in [2.75, 3.05) is 6.61 Å². The maximum Gasteiger partial charge on any atom is 0.419 e. The van der Waals surface area contributed by atoms with Gasteiger partial charge in [0.1, 0.15) is 12.4 Å². The Hall–Kier alpha value is -2.31. The number of alkyl halides is 3. The molecule has 0 saturated heterocycles. The Balaban J connectivity index is 2.00. The van der Waals surface area contributed by atoms with E-state index in [0.29, 0.717) is 34.0 Å². The molecule has 0 radical (unpaired) electrons. The highest BCUT2D eigenvalue weighted by Crippen LogP contribution is 2.40. The van der Waals surface area contributed by atoms with Crippen LogP contribution in [0.1, 0.15) is 32.8 Å². The van der Waals surface area contributed by atoms with Crippen molar-refractivity contribution < 1.29 is 17.9 Å². The summed E-state index contributed by atoms with van der Waals surface area (Å²) in [7, 11) is 0. The van der Waals surface area contributed by atoms with E-state index in [2.05, 4.69) is 4.98 Å². The van der Waals surface area contributed by atoms with Crippen molar-refractivity contribution in [2.45, 2.75) is 38.9 Å². The van der Waals surface area contributed by atoms with Crippen LogP contribution in [0, 0.1) is 5.92 Å². The Morgan fingerprint density at radius 1 is 1.10 bits per heavy atom. The predicted octanol–water partition coefficient (Wildman–Crippen LogP) is 6.72. The van der Waals surface area contributed by atoms with E-state index in [9.17, 15) is 13.2 Å². The predicted molar refractivity (Wildman–Crippen MR) is 115 cm³/mol. The average Bonchev–Trinajstić information content (AvgIpc) is 2.64. The van der Waals surface area contributed by atoms with Gasteiger partial charge in [0.15, 0.2) is 0 Å². The molecule has 0 amide bonds. The summed E-state index contributed by atoms with van der Waals surface area (Å²) in [5.41, 5.74) is 6.30. The molecule has 0 spiro atoms. The van der Waals surface area contributed by atoms with E-state index in [4.69, 9.17) is 22.1 Å². The first-order chi connectivity index (χ1) is 14.0. The number of fused-ring (bicyclic) bond motifs is 1. The number of aromatic nitrogens is 1. The van der Waals surface area contributed by atoms with Crippen molar-refractivity contribution in [2.24, 2.45) is 11.7 Å². The lowest BCUT2D eigenvalue weighted by molar-refractivity contribution is -0.139. The molecule has 3 rings (SSSR count). The van der Waals surface area contributed by atoms with Crippen molar-refractivity contribution >= 4 is 22.5 Å². The maximum absolute atomic E-state index is 13.8. The van der Waals surface area contributed by atoms with E-state index in [1.807, 2.05) is 13.8 Å². The van der Waals surface area contributed by atoms with Crippen LogP contribution in [-0.2, 0) is 6.18 Å². The number of ether oxygens (including phenoxy) is 1. The second-order valence-electron chi connectivity index (χ2n) is 8.27. The van der Waals surface area contributed by atoms with E-state index in [1.54, 1.807) is 43.5 Å². The Labute approximate surface area is 179 Å². The molecule has 0 bridgehead atoms. The number of benzene rings is 2. The number of halogens is 4. The quantitative estimate of drug-likeness (QED) is 0.466. The smallest absolute Gasteiger partial charge is 0.419 e. The molecule has 3 aromatic rings. The largest absolute Gasteiger partial charge is 0.491 e. The minimum Gasteiger partial charge on any atom is -0.491 e. The van der Waals surface area contributed by atoms with Gasteiger partial charge in [-0.1, -0.05) is 37.6 Å². The second kappa shape index (κ2) is 8.44. The maximum atomic E-state index is 13.8. The summed E-state index contributed by atoms with van der Waals surface area (Å²) >= 11 is 6.01. The first-order valence-corrected chi connectivity index (χ1v) is 10.0. The van der Waals surface area contributed by atoms with Crippen LogP contribution in [-0.4, -0.2) is 17.1 Å². The third-order valence-corrected chi connectivity index (χ3v) is 4.97. The fraction of sp³-hybridized carbons (Fsp3) is 0.348. The van der Waals surface area contributed by atoms with Crippen molar-refractivity contribution in [1.29, 1.82) is 0 Å². The lowest BCUT2D eigenvalue weighted by Crippen LogP contribution is -2.43. The molecule has 1 heterocycles. The number of hydrogen-bond acceptors (Lipinski definition) is 3. The third-order valence-electron chi connectivity index (χ3n) is 4.73. The number of pyridine rings is 1. The standard InChI is InChI=1S/C23H24ClF3N2O/c1-14(2)12-22(3,28)13-30-21-7-4-15(10-19(21)23(25,26)27)17-8-9-29-20-11-16(24)5-6-18(17)20/h4-11,14H,12-13,28H2,1-3H3. The molecule has 1 atom stereocenters. The summed E-state index contributed by atoms with van der Waals surface area (Å²) in [5.74, 6) is 0.0784. The summed E-state index contributed by atoms with van der Waals surface area (Å²) in [6, 6.07) is 10.9. The van der Waals surface area contributed by atoms with Crippen LogP contribution in [0.25, 0.3) is 22.0 Å². The first-order valence-electron chi connectivity index (χ1n) is 9.64. The highest BCUT2D eigenvalue weighted by Gasteiger charge is 2.35. The Morgan fingerprint density at radius 3 is 2.50 bits per heavy atom. The van der Waals surface area contributed by atoms with Crippen LogP contribution in [0.4, 0.5) is 13.2 Å². The van der Waals surface area contributed by atoms with E-state index in [0.717, 1.165) is 11.5 Å². The SMILES string of the molecule is CC(C)CC(C)(N)COc1ccc(-c2ccnc3cc(Cl)ccc23)cc1C(F)(F)F. The molecule has 160 valence electrons. The van der Waals surface area contributed by atoms with Crippen molar-refractivity contribution in [3.63, 3.8) is 0 Å². The number of hydrogen-bond donors (Lipinski definition) is 1. The molecule has 7 heteroatoms. The summed E-state index contributed by atoms with van der Waals surface area (Å²) in [6.07, 6.45) is -2.38. The van der Waals surface area contributed by atoms with Gasteiger partial charge in [0, 0.05) is 22.1 Å². The van der Waals surface area contributed by atoms with Crippen LogP contribution < -0.4 is 10.5 Å². The van der Waals surface area contributed by atoms with Gasteiger partial charge in [-0.2, -0.15) is 13.2 Å². The first kappa shape index (κ1) is 22.4. The average molecular weight is 437 g/mol. The lowest BCUT2D eigenvalue weighted by atomic mass is 9.93. The molecule has 1 unspecified atom stereocenters. The zero-order valence-electron chi connectivity index (χ0n) is 17.1. The van der Waals surface area contributed by atoms with Gasteiger partial charge in [0.2, 0.25) is 0 Å².